The fraction of sp³-hybridized carbons (Fsp3) is 0.583. The van der Waals surface area contributed by atoms with E-state index in [1.54, 1.807) is 0 Å². The van der Waals surface area contributed by atoms with Gasteiger partial charge in [-0.3, -0.25) is 0 Å². The highest BCUT2D eigenvalue weighted by Crippen LogP contribution is 2.27. The molecule has 1 unspecified atom stereocenters. The molecule has 24 heavy (non-hydrogen) atoms. The third-order valence-corrected chi connectivity index (χ3v) is 5.22. The molecule has 0 spiro atoms. The average Bonchev–Trinajstić information content (AvgIpc) is 2.64. The van der Waals surface area contributed by atoms with Crippen LogP contribution in [0.3, 0.4) is 0 Å². The highest BCUT2D eigenvalue weighted by atomic mass is 14.1. The Morgan fingerprint density at radius 1 is 0.833 bits per heavy atom. The lowest BCUT2D eigenvalue weighted by Crippen LogP contribution is -2.00. The molecule has 0 aromatic heterocycles. The molecule has 1 aromatic carbocycles. The molecule has 1 aliphatic carbocycles. The molecule has 0 nitrogen and oxygen atoms in total. The van der Waals surface area contributed by atoms with Gasteiger partial charge < -0.3 is 0 Å². The van der Waals surface area contributed by atoms with Crippen LogP contribution in [0.1, 0.15) is 89.2 Å². The maximum Gasteiger partial charge on any atom is -0.0187 e. The lowest BCUT2D eigenvalue weighted by molar-refractivity contribution is 0.520. The van der Waals surface area contributed by atoms with Crippen molar-refractivity contribution in [3.63, 3.8) is 0 Å². The van der Waals surface area contributed by atoms with Gasteiger partial charge in [0.1, 0.15) is 0 Å². The molecular weight excluding hydrogens is 288 g/mol. The topological polar surface area (TPSA) is 0 Å². The highest BCUT2D eigenvalue weighted by molar-refractivity contribution is 5.75. The highest BCUT2D eigenvalue weighted by Gasteiger charge is 2.09. The van der Waals surface area contributed by atoms with Crippen molar-refractivity contribution in [2.24, 2.45) is 5.92 Å². The zero-order valence-electron chi connectivity index (χ0n) is 15.9. The molecule has 0 aliphatic heterocycles. The van der Waals surface area contributed by atoms with E-state index >= 15 is 0 Å². The van der Waals surface area contributed by atoms with E-state index in [-0.39, 0.29) is 0 Å². The van der Waals surface area contributed by atoms with Crippen molar-refractivity contribution in [3.8, 4) is 0 Å². The number of hydrogen-bond acceptors (Lipinski definition) is 0. The lowest BCUT2D eigenvalue weighted by Gasteiger charge is -2.16. The molecule has 1 aromatic rings. The number of unbranched alkanes of at least 4 members (excludes halogenated alkanes) is 6. The van der Waals surface area contributed by atoms with Crippen molar-refractivity contribution in [1.82, 2.24) is 0 Å². The monoisotopic (exact) mass is 324 g/mol. The third kappa shape index (κ3) is 6.67. The van der Waals surface area contributed by atoms with Crippen LogP contribution in [0.5, 0.6) is 0 Å². The number of rotatable bonds is 11. The lowest BCUT2D eigenvalue weighted by atomic mass is 9.89. The number of aryl methyl sites for hydroxylation is 1. The van der Waals surface area contributed by atoms with Crippen LogP contribution in [0, 0.1) is 5.92 Å². The van der Waals surface area contributed by atoms with Gasteiger partial charge >= 0.3 is 0 Å². The van der Waals surface area contributed by atoms with Crippen molar-refractivity contribution in [1.29, 1.82) is 0 Å². The zero-order valence-corrected chi connectivity index (χ0v) is 15.9. The van der Waals surface area contributed by atoms with Gasteiger partial charge in [-0.2, -0.15) is 0 Å². The molecule has 0 saturated heterocycles. The smallest absolute Gasteiger partial charge is 0.0187 e. The van der Waals surface area contributed by atoms with E-state index in [4.69, 9.17) is 0 Å². The van der Waals surface area contributed by atoms with Gasteiger partial charge in [-0.05, 0) is 48.3 Å². The maximum absolute atomic E-state index is 2.45. The van der Waals surface area contributed by atoms with Gasteiger partial charge in [0.2, 0.25) is 0 Å². The molecule has 0 saturated carbocycles. The summed E-state index contributed by atoms with van der Waals surface area (Å²) in [5, 5.41) is 0. The molecule has 0 heterocycles. The Kier molecular flexibility index (Phi) is 8.95. The van der Waals surface area contributed by atoms with Crippen molar-refractivity contribution in [2.45, 2.75) is 84.5 Å². The molecule has 1 atom stereocenters. The van der Waals surface area contributed by atoms with E-state index in [1.807, 2.05) is 0 Å². The van der Waals surface area contributed by atoms with E-state index in [0.717, 1.165) is 5.92 Å². The number of allylic oxidation sites excluding steroid dienone is 4. The predicted octanol–water partition coefficient (Wildman–Crippen LogP) is 7.74. The van der Waals surface area contributed by atoms with Gasteiger partial charge in [-0.1, -0.05) is 101 Å². The van der Waals surface area contributed by atoms with Crippen LogP contribution in [0.25, 0.3) is 5.57 Å². The molecule has 1 aliphatic rings. The first-order valence-corrected chi connectivity index (χ1v) is 10.3. The number of hydrogen-bond donors (Lipinski definition) is 0. The summed E-state index contributed by atoms with van der Waals surface area (Å²) in [4.78, 5) is 0. The molecule has 0 bridgehead atoms. The molecule has 0 heteroatoms. The van der Waals surface area contributed by atoms with E-state index < -0.39 is 0 Å². The minimum absolute atomic E-state index is 0.767. The van der Waals surface area contributed by atoms with Crippen molar-refractivity contribution < 1.29 is 0 Å². The average molecular weight is 325 g/mol. The van der Waals surface area contributed by atoms with E-state index in [0.29, 0.717) is 0 Å². The third-order valence-electron chi connectivity index (χ3n) is 5.22. The fourth-order valence-corrected chi connectivity index (χ4v) is 3.52. The molecule has 0 fully saturated rings. The summed E-state index contributed by atoms with van der Waals surface area (Å²) >= 11 is 0. The summed E-state index contributed by atoms with van der Waals surface area (Å²) in [5.74, 6) is 0.767. The van der Waals surface area contributed by atoms with Crippen LogP contribution in [0.4, 0.5) is 0 Å². The van der Waals surface area contributed by atoms with Gasteiger partial charge in [-0.15, -0.1) is 0 Å². The van der Waals surface area contributed by atoms with Gasteiger partial charge in [0.05, 0.1) is 0 Å². The summed E-state index contributed by atoms with van der Waals surface area (Å²) in [7, 11) is 0. The summed E-state index contributed by atoms with van der Waals surface area (Å²) in [6.45, 7) is 4.54. The van der Waals surface area contributed by atoms with Crippen LogP contribution in [0.15, 0.2) is 42.5 Å². The standard InChI is InChI=1S/C24H36/c1-3-5-7-8-9-10-12-22-15-19-24(20-16-22)23-17-13-21(14-18-23)11-6-4-2/h13-15,17-20,22H,3-12,16H2,1-2H3. The summed E-state index contributed by atoms with van der Waals surface area (Å²) in [6.07, 6.45) is 22.0. The summed E-state index contributed by atoms with van der Waals surface area (Å²) in [5.41, 5.74) is 4.27. The van der Waals surface area contributed by atoms with Crippen molar-refractivity contribution in [2.75, 3.05) is 0 Å². The first-order valence-electron chi connectivity index (χ1n) is 10.3. The Hall–Kier alpha value is -1.30. The van der Waals surface area contributed by atoms with E-state index in [9.17, 15) is 0 Å². The van der Waals surface area contributed by atoms with Crippen LogP contribution >= 0.6 is 0 Å². The van der Waals surface area contributed by atoms with Crippen LogP contribution < -0.4 is 0 Å². The zero-order chi connectivity index (χ0) is 17.0. The first-order chi connectivity index (χ1) is 11.8. The predicted molar refractivity (Wildman–Crippen MR) is 108 cm³/mol. The van der Waals surface area contributed by atoms with Crippen molar-refractivity contribution in [3.05, 3.63) is 53.6 Å². The largest absolute Gasteiger partial charge is 0.0805 e. The normalized spacial score (nSPS) is 17.1. The van der Waals surface area contributed by atoms with Crippen LogP contribution in [0.2, 0.25) is 0 Å². The van der Waals surface area contributed by atoms with Crippen molar-refractivity contribution >= 4 is 5.57 Å². The van der Waals surface area contributed by atoms with Gasteiger partial charge in [0, 0.05) is 0 Å². The Morgan fingerprint density at radius 2 is 1.54 bits per heavy atom. The molecular formula is C24H36. The minimum atomic E-state index is 0.767. The SMILES string of the molecule is CCCCCCCCC1C=CC(c2ccc(CCCC)cc2)=CC1. The quantitative estimate of drug-likeness (QED) is 0.365. The van der Waals surface area contributed by atoms with Crippen LogP contribution in [-0.4, -0.2) is 0 Å². The fourth-order valence-electron chi connectivity index (χ4n) is 3.52. The van der Waals surface area contributed by atoms with Gasteiger partial charge in [-0.25, -0.2) is 0 Å². The van der Waals surface area contributed by atoms with E-state index in [2.05, 4.69) is 56.3 Å². The second-order valence-electron chi connectivity index (χ2n) is 7.37. The molecule has 0 radical (unpaired) electrons. The van der Waals surface area contributed by atoms with Gasteiger partial charge in [0.25, 0.3) is 0 Å². The Labute approximate surface area is 150 Å². The minimum Gasteiger partial charge on any atom is -0.0805 e. The summed E-state index contributed by atoms with van der Waals surface area (Å²) < 4.78 is 0. The second-order valence-corrected chi connectivity index (χ2v) is 7.37. The maximum atomic E-state index is 2.45. The Balaban J connectivity index is 1.72. The molecule has 0 amide bonds. The molecule has 2 rings (SSSR count). The molecule has 132 valence electrons. The Morgan fingerprint density at radius 3 is 2.21 bits per heavy atom. The Bertz CT molecular complexity index is 503. The second kappa shape index (κ2) is 11.3. The summed E-state index contributed by atoms with van der Waals surface area (Å²) in [6, 6.07) is 9.22. The first kappa shape index (κ1) is 19.0. The van der Waals surface area contributed by atoms with E-state index in [1.165, 1.54) is 87.3 Å². The molecule has 0 N–H and O–H groups in total. The number of benzene rings is 1. The van der Waals surface area contributed by atoms with Gasteiger partial charge in [0.15, 0.2) is 0 Å². The van der Waals surface area contributed by atoms with Crippen LogP contribution in [-0.2, 0) is 6.42 Å².